The maximum absolute atomic E-state index is 12.2. The van der Waals surface area contributed by atoms with Crippen LogP contribution in [-0.4, -0.2) is 49.2 Å². The number of anilines is 2. The van der Waals surface area contributed by atoms with Gasteiger partial charge < -0.3 is 15.5 Å². The molecule has 0 aromatic carbocycles. The van der Waals surface area contributed by atoms with Crippen LogP contribution < -0.4 is 10.6 Å². The van der Waals surface area contributed by atoms with Gasteiger partial charge in [-0.25, -0.2) is 4.98 Å². The minimum absolute atomic E-state index is 0.0297. The van der Waals surface area contributed by atoms with Gasteiger partial charge >= 0.3 is 6.18 Å². The third kappa shape index (κ3) is 3.98. The normalized spacial score (nSPS) is 11.5. The van der Waals surface area contributed by atoms with E-state index in [0.717, 1.165) is 18.4 Å². The van der Waals surface area contributed by atoms with Gasteiger partial charge in [-0.15, -0.1) is 0 Å². The molecule has 0 bridgehead atoms. The molecule has 0 aliphatic carbocycles. The van der Waals surface area contributed by atoms with E-state index in [-0.39, 0.29) is 10.7 Å². The molecule has 1 heterocycles. The van der Waals surface area contributed by atoms with E-state index in [2.05, 4.69) is 4.98 Å². The summed E-state index contributed by atoms with van der Waals surface area (Å²) in [5, 5.41) is 0.503. The first kappa shape index (κ1) is 15.5. The quantitative estimate of drug-likeness (QED) is 0.920. The SMILES string of the molecule is CCN(C)c1nc(N)c(C(=O)N(C)CC(F)(F)F)s1. The van der Waals surface area contributed by atoms with Gasteiger partial charge in [0.05, 0.1) is 0 Å². The molecular weight excluding hydrogens is 281 g/mol. The lowest BCUT2D eigenvalue weighted by atomic mass is 10.4. The summed E-state index contributed by atoms with van der Waals surface area (Å²) in [7, 11) is 2.84. The van der Waals surface area contributed by atoms with Gasteiger partial charge in [-0.2, -0.15) is 13.2 Å². The number of aromatic nitrogens is 1. The molecule has 0 spiro atoms. The molecule has 108 valence electrons. The molecule has 0 unspecified atom stereocenters. The van der Waals surface area contributed by atoms with E-state index >= 15 is 0 Å². The van der Waals surface area contributed by atoms with Gasteiger partial charge in [0.2, 0.25) is 0 Å². The second-order valence-corrected chi connectivity index (χ2v) is 4.98. The number of carbonyl (C=O) groups is 1. The van der Waals surface area contributed by atoms with Crippen molar-refractivity contribution in [1.82, 2.24) is 9.88 Å². The molecule has 9 heteroatoms. The third-order valence-corrected chi connectivity index (χ3v) is 3.57. The average Bonchev–Trinajstić information content (AvgIpc) is 2.67. The van der Waals surface area contributed by atoms with Crippen LogP contribution in [0, 0.1) is 0 Å². The molecule has 2 N–H and O–H groups in total. The zero-order valence-corrected chi connectivity index (χ0v) is 11.6. The van der Waals surface area contributed by atoms with E-state index in [9.17, 15) is 18.0 Å². The summed E-state index contributed by atoms with van der Waals surface area (Å²) in [6.07, 6.45) is -4.44. The number of nitrogen functional groups attached to an aromatic ring is 1. The average molecular weight is 296 g/mol. The molecule has 0 aliphatic heterocycles. The van der Waals surface area contributed by atoms with Crippen molar-refractivity contribution in [3.05, 3.63) is 4.88 Å². The van der Waals surface area contributed by atoms with Crippen LogP contribution in [0.25, 0.3) is 0 Å². The van der Waals surface area contributed by atoms with Gasteiger partial charge in [0.15, 0.2) is 5.13 Å². The fourth-order valence-electron chi connectivity index (χ4n) is 1.29. The fraction of sp³-hybridized carbons (Fsp3) is 0.600. The second-order valence-electron chi connectivity index (χ2n) is 4.00. The van der Waals surface area contributed by atoms with E-state index in [1.54, 1.807) is 11.9 Å². The Balaban J connectivity index is 2.91. The highest BCUT2D eigenvalue weighted by Crippen LogP contribution is 2.29. The zero-order chi connectivity index (χ0) is 14.8. The van der Waals surface area contributed by atoms with E-state index in [1.165, 1.54) is 0 Å². The number of hydrogen-bond donors (Lipinski definition) is 1. The smallest absolute Gasteiger partial charge is 0.382 e. The third-order valence-electron chi connectivity index (χ3n) is 2.40. The lowest BCUT2D eigenvalue weighted by Crippen LogP contribution is -2.35. The summed E-state index contributed by atoms with van der Waals surface area (Å²) in [4.78, 5) is 18.2. The summed E-state index contributed by atoms with van der Waals surface area (Å²) in [5.74, 6) is -0.817. The number of halogens is 3. The summed E-state index contributed by atoms with van der Waals surface area (Å²) in [6.45, 7) is 1.22. The molecular formula is C10H15F3N4OS. The standard InChI is InChI=1S/C10H15F3N4OS/c1-4-16(2)9-15-7(14)6(19-9)8(18)17(3)5-10(11,12)13/h4-5,14H2,1-3H3. The van der Waals surface area contributed by atoms with E-state index in [4.69, 9.17) is 5.73 Å². The lowest BCUT2D eigenvalue weighted by molar-refractivity contribution is -0.138. The van der Waals surface area contributed by atoms with E-state index in [1.807, 2.05) is 6.92 Å². The fourth-order valence-corrected chi connectivity index (χ4v) is 2.29. The molecule has 0 saturated carbocycles. The summed E-state index contributed by atoms with van der Waals surface area (Å²) >= 11 is 0.986. The second kappa shape index (κ2) is 5.64. The van der Waals surface area contributed by atoms with Crippen LogP contribution in [0.4, 0.5) is 24.1 Å². The molecule has 19 heavy (non-hydrogen) atoms. The largest absolute Gasteiger partial charge is 0.406 e. The number of nitrogens with zero attached hydrogens (tertiary/aromatic N) is 3. The first-order chi connectivity index (χ1) is 8.65. The summed E-state index contributed by atoms with van der Waals surface area (Å²) in [5.41, 5.74) is 5.58. The monoisotopic (exact) mass is 296 g/mol. The van der Waals surface area contributed by atoms with Crippen molar-refractivity contribution in [3.8, 4) is 0 Å². The van der Waals surface area contributed by atoms with Gasteiger partial charge in [0.25, 0.3) is 5.91 Å². The van der Waals surface area contributed by atoms with Crippen molar-refractivity contribution in [2.45, 2.75) is 13.1 Å². The molecule has 0 radical (unpaired) electrons. The number of hydrogen-bond acceptors (Lipinski definition) is 5. The summed E-state index contributed by atoms with van der Waals surface area (Å²) < 4.78 is 36.7. The molecule has 1 aromatic heterocycles. The van der Waals surface area contributed by atoms with Gasteiger partial charge in [0, 0.05) is 20.6 Å². The van der Waals surface area contributed by atoms with Gasteiger partial charge in [0.1, 0.15) is 17.2 Å². The lowest BCUT2D eigenvalue weighted by Gasteiger charge is -2.18. The molecule has 1 aromatic rings. The number of thiazole rings is 1. The number of carbonyl (C=O) groups excluding carboxylic acids is 1. The van der Waals surface area contributed by atoms with Crippen LogP contribution in [0.15, 0.2) is 0 Å². The summed E-state index contributed by atoms with van der Waals surface area (Å²) in [6, 6.07) is 0. The molecule has 0 atom stereocenters. The Hall–Kier alpha value is -1.51. The topological polar surface area (TPSA) is 62.5 Å². The zero-order valence-electron chi connectivity index (χ0n) is 10.8. The van der Waals surface area contributed by atoms with Gasteiger partial charge in [-0.05, 0) is 6.92 Å². The molecule has 1 rings (SSSR count). The predicted molar refractivity (Wildman–Crippen MR) is 68.5 cm³/mol. The predicted octanol–water partition coefficient (Wildman–Crippen LogP) is 1.82. The van der Waals surface area contributed by atoms with Gasteiger partial charge in [-0.3, -0.25) is 4.79 Å². The van der Waals surface area contributed by atoms with Crippen LogP contribution in [-0.2, 0) is 0 Å². The highest BCUT2D eigenvalue weighted by molar-refractivity contribution is 7.18. The van der Waals surface area contributed by atoms with E-state index in [0.29, 0.717) is 16.6 Å². The van der Waals surface area contributed by atoms with Crippen molar-refractivity contribution < 1.29 is 18.0 Å². The highest BCUT2D eigenvalue weighted by atomic mass is 32.1. The van der Waals surface area contributed by atoms with Crippen molar-refractivity contribution in [2.75, 3.05) is 37.8 Å². The highest BCUT2D eigenvalue weighted by Gasteiger charge is 2.32. The number of rotatable bonds is 4. The van der Waals surface area contributed by atoms with Crippen molar-refractivity contribution >= 4 is 28.2 Å². The molecule has 0 saturated heterocycles. The van der Waals surface area contributed by atoms with Crippen LogP contribution in [0.2, 0.25) is 0 Å². The van der Waals surface area contributed by atoms with Crippen molar-refractivity contribution in [1.29, 1.82) is 0 Å². The Morgan fingerprint density at radius 2 is 2.00 bits per heavy atom. The van der Waals surface area contributed by atoms with Gasteiger partial charge in [-0.1, -0.05) is 11.3 Å². The molecule has 0 aliphatic rings. The van der Waals surface area contributed by atoms with E-state index < -0.39 is 18.6 Å². The van der Waals surface area contributed by atoms with Crippen LogP contribution >= 0.6 is 11.3 Å². The van der Waals surface area contributed by atoms with Crippen molar-refractivity contribution in [2.24, 2.45) is 0 Å². The number of alkyl halides is 3. The maximum atomic E-state index is 12.2. The van der Waals surface area contributed by atoms with Crippen LogP contribution in [0.3, 0.4) is 0 Å². The Kier molecular flexibility index (Phi) is 4.61. The Bertz CT molecular complexity index is 460. The number of amides is 1. The Morgan fingerprint density at radius 3 is 2.47 bits per heavy atom. The molecule has 1 amide bonds. The first-order valence-corrected chi connectivity index (χ1v) is 6.27. The van der Waals surface area contributed by atoms with Crippen LogP contribution in [0.5, 0.6) is 0 Å². The number of nitrogens with two attached hydrogens (primary N) is 1. The minimum Gasteiger partial charge on any atom is -0.382 e. The maximum Gasteiger partial charge on any atom is 0.406 e. The minimum atomic E-state index is -4.44. The Morgan fingerprint density at radius 1 is 1.42 bits per heavy atom. The molecule has 5 nitrogen and oxygen atoms in total. The Labute approximate surface area is 112 Å². The first-order valence-electron chi connectivity index (χ1n) is 5.45. The molecule has 0 fully saturated rings. The van der Waals surface area contributed by atoms with Crippen molar-refractivity contribution in [3.63, 3.8) is 0 Å². The van der Waals surface area contributed by atoms with Crippen LogP contribution in [0.1, 0.15) is 16.6 Å².